The van der Waals surface area contributed by atoms with E-state index in [4.69, 9.17) is 4.74 Å². The molecule has 1 aromatic heterocycles. The first-order chi connectivity index (χ1) is 12.2. The number of esters is 1. The summed E-state index contributed by atoms with van der Waals surface area (Å²) in [5.41, 5.74) is 1.54. The van der Waals surface area contributed by atoms with Gasteiger partial charge in [-0.25, -0.2) is 9.78 Å². The largest absolute Gasteiger partial charge is 0.451 e. The van der Waals surface area contributed by atoms with Crippen LogP contribution in [0.4, 0.5) is 5.69 Å². The quantitative estimate of drug-likeness (QED) is 0.559. The van der Waals surface area contributed by atoms with Crippen LogP contribution in [-0.2, 0) is 9.53 Å². The number of fused-ring (bicyclic) bond motifs is 1. The highest BCUT2D eigenvalue weighted by atomic mass is 32.2. The number of nitrogens with one attached hydrogen (secondary N) is 1. The molecule has 5 nitrogen and oxygen atoms in total. The molecule has 2 aromatic carbocycles. The Labute approximate surface area is 149 Å². The smallest absolute Gasteiger partial charge is 0.357 e. The van der Waals surface area contributed by atoms with Crippen LogP contribution in [0, 0.1) is 0 Å². The van der Waals surface area contributed by atoms with E-state index in [9.17, 15) is 9.59 Å². The molecule has 0 aliphatic heterocycles. The van der Waals surface area contributed by atoms with Crippen LogP contribution in [0.25, 0.3) is 10.9 Å². The van der Waals surface area contributed by atoms with Gasteiger partial charge in [-0.3, -0.25) is 4.79 Å². The van der Waals surface area contributed by atoms with Gasteiger partial charge < -0.3 is 10.1 Å². The third-order valence-electron chi connectivity index (χ3n) is 3.50. The molecule has 0 spiro atoms. The van der Waals surface area contributed by atoms with Crippen LogP contribution in [0.5, 0.6) is 0 Å². The summed E-state index contributed by atoms with van der Waals surface area (Å²) in [7, 11) is 0. The summed E-state index contributed by atoms with van der Waals surface area (Å²) in [5, 5.41) is 3.64. The minimum absolute atomic E-state index is 0.177. The first kappa shape index (κ1) is 17.0. The second-order valence-corrected chi connectivity index (χ2v) is 6.13. The molecule has 25 heavy (non-hydrogen) atoms. The Kier molecular flexibility index (Phi) is 5.30. The Morgan fingerprint density at radius 1 is 1.08 bits per heavy atom. The number of para-hydroxylation sites is 1. The number of ether oxygens (including phenoxy) is 1. The molecule has 0 saturated heterocycles. The summed E-state index contributed by atoms with van der Waals surface area (Å²) in [5.74, 6) is -1.02. The van der Waals surface area contributed by atoms with Gasteiger partial charge in [0.15, 0.2) is 6.61 Å². The van der Waals surface area contributed by atoms with Gasteiger partial charge in [-0.2, -0.15) is 0 Å². The van der Waals surface area contributed by atoms with Gasteiger partial charge in [0.2, 0.25) is 0 Å². The molecule has 0 radical (unpaired) electrons. The number of carbonyl (C=O) groups excluding carboxylic acids is 2. The van der Waals surface area contributed by atoms with Crippen LogP contribution in [0.2, 0.25) is 0 Å². The Balaban J connectivity index is 1.59. The molecular formula is C19H16N2O3S. The van der Waals surface area contributed by atoms with Crippen molar-refractivity contribution in [2.24, 2.45) is 0 Å². The lowest BCUT2D eigenvalue weighted by Gasteiger charge is -2.07. The van der Waals surface area contributed by atoms with Crippen molar-refractivity contribution in [1.82, 2.24) is 4.98 Å². The summed E-state index contributed by atoms with van der Waals surface area (Å²) in [6, 6.07) is 18.3. The van der Waals surface area contributed by atoms with E-state index in [2.05, 4.69) is 10.3 Å². The van der Waals surface area contributed by atoms with E-state index < -0.39 is 11.9 Å². The maximum Gasteiger partial charge on any atom is 0.357 e. The highest BCUT2D eigenvalue weighted by Crippen LogP contribution is 2.19. The summed E-state index contributed by atoms with van der Waals surface area (Å²) in [6.45, 7) is -0.364. The second-order valence-electron chi connectivity index (χ2n) is 5.25. The fraction of sp³-hybridized carbons (Fsp3) is 0.105. The van der Waals surface area contributed by atoms with Crippen molar-refractivity contribution < 1.29 is 14.3 Å². The number of thioether (sulfide) groups is 1. The van der Waals surface area contributed by atoms with Gasteiger partial charge in [-0.1, -0.05) is 30.3 Å². The third-order valence-corrected chi connectivity index (χ3v) is 4.22. The Hall–Kier alpha value is -2.86. The fourth-order valence-corrected chi connectivity index (χ4v) is 2.74. The van der Waals surface area contributed by atoms with E-state index in [1.807, 2.05) is 48.7 Å². The summed E-state index contributed by atoms with van der Waals surface area (Å²) < 4.78 is 5.05. The summed E-state index contributed by atoms with van der Waals surface area (Å²) in [6.07, 6.45) is 1.96. The lowest BCUT2D eigenvalue weighted by Crippen LogP contribution is -2.21. The van der Waals surface area contributed by atoms with Crippen molar-refractivity contribution in [3.05, 3.63) is 66.4 Å². The van der Waals surface area contributed by atoms with Crippen LogP contribution in [0.1, 0.15) is 10.5 Å². The lowest BCUT2D eigenvalue weighted by molar-refractivity contribution is -0.119. The average Bonchev–Trinajstić information content (AvgIpc) is 2.65. The Morgan fingerprint density at radius 3 is 2.76 bits per heavy atom. The molecule has 1 amide bonds. The van der Waals surface area contributed by atoms with E-state index in [1.54, 1.807) is 30.0 Å². The van der Waals surface area contributed by atoms with Gasteiger partial charge in [0.05, 0.1) is 5.52 Å². The number of amides is 1. The molecule has 126 valence electrons. The standard InChI is InChI=1S/C19H16N2O3S/c1-25-15-7-4-6-14(11-15)20-18(22)12-24-19(23)17-10-9-13-5-2-3-8-16(13)21-17/h2-11H,12H2,1H3,(H,20,22). The number of pyridine rings is 1. The SMILES string of the molecule is CSc1cccc(NC(=O)COC(=O)c2ccc3ccccc3n2)c1. The molecule has 0 unspecified atom stereocenters. The number of hydrogen-bond acceptors (Lipinski definition) is 5. The van der Waals surface area contributed by atoms with Crippen molar-refractivity contribution in [2.45, 2.75) is 4.90 Å². The maximum atomic E-state index is 12.1. The Bertz CT molecular complexity index is 927. The highest BCUT2D eigenvalue weighted by molar-refractivity contribution is 7.98. The predicted octanol–water partition coefficient (Wildman–Crippen LogP) is 3.75. The van der Waals surface area contributed by atoms with Crippen molar-refractivity contribution in [2.75, 3.05) is 18.2 Å². The van der Waals surface area contributed by atoms with Crippen LogP contribution in [0.15, 0.2) is 65.6 Å². The second kappa shape index (κ2) is 7.81. The average molecular weight is 352 g/mol. The van der Waals surface area contributed by atoms with Crippen LogP contribution in [0.3, 0.4) is 0 Å². The lowest BCUT2D eigenvalue weighted by atomic mass is 10.2. The molecular weight excluding hydrogens is 336 g/mol. The van der Waals surface area contributed by atoms with Crippen LogP contribution >= 0.6 is 11.8 Å². The van der Waals surface area contributed by atoms with Crippen molar-refractivity contribution in [1.29, 1.82) is 0 Å². The number of hydrogen-bond donors (Lipinski definition) is 1. The molecule has 6 heteroatoms. The zero-order valence-corrected chi connectivity index (χ0v) is 14.4. The van der Waals surface area contributed by atoms with E-state index in [0.29, 0.717) is 11.2 Å². The molecule has 1 heterocycles. The van der Waals surface area contributed by atoms with Crippen molar-refractivity contribution in [3.8, 4) is 0 Å². The first-order valence-electron chi connectivity index (χ1n) is 7.62. The fourth-order valence-electron chi connectivity index (χ4n) is 2.28. The molecule has 0 saturated carbocycles. The minimum Gasteiger partial charge on any atom is -0.451 e. The van der Waals surface area contributed by atoms with Crippen molar-refractivity contribution >= 4 is 40.2 Å². The monoisotopic (exact) mass is 352 g/mol. The number of benzene rings is 2. The highest BCUT2D eigenvalue weighted by Gasteiger charge is 2.12. The topological polar surface area (TPSA) is 68.3 Å². The number of rotatable bonds is 5. The van der Waals surface area contributed by atoms with Gasteiger partial charge in [0, 0.05) is 16.0 Å². The van der Waals surface area contributed by atoms with E-state index in [0.717, 1.165) is 10.3 Å². The predicted molar refractivity (Wildman–Crippen MR) is 98.9 cm³/mol. The summed E-state index contributed by atoms with van der Waals surface area (Å²) in [4.78, 5) is 29.3. The number of nitrogens with zero attached hydrogens (tertiary/aromatic N) is 1. The van der Waals surface area contributed by atoms with Crippen LogP contribution < -0.4 is 5.32 Å². The minimum atomic E-state index is -0.626. The number of anilines is 1. The maximum absolute atomic E-state index is 12.1. The normalized spacial score (nSPS) is 10.4. The summed E-state index contributed by atoms with van der Waals surface area (Å²) >= 11 is 1.58. The molecule has 1 N–H and O–H groups in total. The number of carbonyl (C=O) groups is 2. The van der Waals surface area contributed by atoms with Crippen LogP contribution in [-0.4, -0.2) is 29.7 Å². The third kappa shape index (κ3) is 4.36. The van der Waals surface area contributed by atoms with E-state index in [-0.39, 0.29) is 12.3 Å². The van der Waals surface area contributed by atoms with E-state index >= 15 is 0 Å². The molecule has 0 bridgehead atoms. The number of aromatic nitrogens is 1. The Morgan fingerprint density at radius 2 is 1.92 bits per heavy atom. The zero-order chi connectivity index (χ0) is 17.6. The molecule has 0 aliphatic rings. The first-order valence-corrected chi connectivity index (χ1v) is 8.85. The van der Waals surface area contributed by atoms with Gasteiger partial charge in [0.25, 0.3) is 5.91 Å². The van der Waals surface area contributed by atoms with Gasteiger partial charge in [-0.15, -0.1) is 11.8 Å². The molecule has 0 atom stereocenters. The van der Waals surface area contributed by atoms with Gasteiger partial charge in [-0.05, 0) is 36.6 Å². The van der Waals surface area contributed by atoms with E-state index in [1.165, 1.54) is 0 Å². The molecule has 0 aliphatic carbocycles. The van der Waals surface area contributed by atoms with Crippen molar-refractivity contribution in [3.63, 3.8) is 0 Å². The molecule has 3 rings (SSSR count). The van der Waals surface area contributed by atoms with Gasteiger partial charge >= 0.3 is 5.97 Å². The van der Waals surface area contributed by atoms with Gasteiger partial charge in [0.1, 0.15) is 5.69 Å². The zero-order valence-electron chi connectivity index (χ0n) is 13.6. The molecule has 3 aromatic rings. The molecule has 0 fully saturated rings.